The van der Waals surface area contributed by atoms with Crippen LogP contribution in [0.25, 0.3) is 11.0 Å². The lowest BCUT2D eigenvalue weighted by atomic mass is 10.1. The van der Waals surface area contributed by atoms with E-state index in [9.17, 15) is 4.79 Å². The number of nitrogens with one attached hydrogen (secondary N) is 1. The molecule has 1 amide bonds. The molecule has 0 saturated heterocycles. The standard InChI is InChI=1S/C19H23N5O.2ClH/c1-12(2)24-18-15(10-22-24)9-16(13(3)23-18)19(25)21-11-17(20)14-7-5-4-6-8-14;;/h4-10,12,17H,11,20H2,1-3H3,(H,21,25);2*1H. The normalized spacial score (nSPS) is 11.6. The molecule has 1 atom stereocenters. The first kappa shape index (κ1) is 22.9. The molecule has 0 fully saturated rings. The van der Waals surface area contributed by atoms with Crippen molar-refractivity contribution in [2.24, 2.45) is 5.73 Å². The Morgan fingerprint density at radius 2 is 1.89 bits per heavy atom. The molecule has 3 rings (SSSR count). The van der Waals surface area contributed by atoms with Gasteiger partial charge in [-0.2, -0.15) is 5.10 Å². The van der Waals surface area contributed by atoms with Gasteiger partial charge >= 0.3 is 0 Å². The lowest BCUT2D eigenvalue weighted by Gasteiger charge is -2.14. The summed E-state index contributed by atoms with van der Waals surface area (Å²) in [7, 11) is 0. The molecule has 0 spiro atoms. The zero-order valence-corrected chi connectivity index (χ0v) is 17.2. The van der Waals surface area contributed by atoms with Crippen LogP contribution in [-0.4, -0.2) is 27.2 Å². The summed E-state index contributed by atoms with van der Waals surface area (Å²) >= 11 is 0. The molecule has 0 saturated carbocycles. The molecule has 1 aromatic carbocycles. The van der Waals surface area contributed by atoms with E-state index in [4.69, 9.17) is 5.73 Å². The molecule has 0 aliphatic carbocycles. The van der Waals surface area contributed by atoms with Gasteiger partial charge in [0.05, 0.1) is 17.5 Å². The molecule has 27 heavy (non-hydrogen) atoms. The SMILES string of the molecule is Cc1nc2c(cnn2C(C)C)cc1C(=O)NCC(N)c1ccccc1.Cl.Cl. The van der Waals surface area contributed by atoms with Crippen molar-refractivity contribution in [3.05, 3.63) is 59.4 Å². The monoisotopic (exact) mass is 409 g/mol. The Balaban J connectivity index is 0.00000182. The highest BCUT2D eigenvalue weighted by molar-refractivity contribution is 5.98. The van der Waals surface area contributed by atoms with E-state index in [1.807, 2.05) is 48.0 Å². The van der Waals surface area contributed by atoms with Crippen LogP contribution in [0.1, 0.15) is 47.5 Å². The van der Waals surface area contributed by atoms with E-state index in [0.29, 0.717) is 17.8 Å². The highest BCUT2D eigenvalue weighted by Crippen LogP contribution is 2.19. The average molecular weight is 410 g/mol. The van der Waals surface area contributed by atoms with E-state index in [1.165, 1.54) is 0 Å². The number of aryl methyl sites for hydroxylation is 1. The number of benzene rings is 1. The molecule has 0 aliphatic heterocycles. The molecule has 146 valence electrons. The number of carbonyl (C=O) groups excluding carboxylic acids is 1. The second-order valence-electron chi connectivity index (χ2n) is 6.44. The van der Waals surface area contributed by atoms with Crippen molar-refractivity contribution in [2.75, 3.05) is 6.54 Å². The van der Waals surface area contributed by atoms with Gasteiger partial charge in [0.1, 0.15) is 0 Å². The second kappa shape index (κ2) is 9.69. The smallest absolute Gasteiger partial charge is 0.253 e. The molecule has 1 unspecified atom stereocenters. The van der Waals surface area contributed by atoms with Gasteiger partial charge in [-0.25, -0.2) is 9.67 Å². The highest BCUT2D eigenvalue weighted by Gasteiger charge is 2.16. The lowest BCUT2D eigenvalue weighted by molar-refractivity contribution is 0.0950. The van der Waals surface area contributed by atoms with Gasteiger partial charge in [-0.05, 0) is 32.4 Å². The molecule has 2 heterocycles. The van der Waals surface area contributed by atoms with E-state index in [2.05, 4.69) is 29.2 Å². The minimum Gasteiger partial charge on any atom is -0.350 e. The Labute approximate surface area is 171 Å². The molecule has 3 N–H and O–H groups in total. The highest BCUT2D eigenvalue weighted by atomic mass is 35.5. The van der Waals surface area contributed by atoms with Crippen molar-refractivity contribution in [1.82, 2.24) is 20.1 Å². The number of hydrogen-bond donors (Lipinski definition) is 2. The minimum absolute atomic E-state index is 0. The molecule has 2 aromatic heterocycles. The Bertz CT molecular complexity index is 896. The lowest BCUT2D eigenvalue weighted by Crippen LogP contribution is -2.32. The van der Waals surface area contributed by atoms with Gasteiger partial charge in [-0.15, -0.1) is 24.8 Å². The zero-order valence-electron chi connectivity index (χ0n) is 15.5. The van der Waals surface area contributed by atoms with Crippen molar-refractivity contribution in [2.45, 2.75) is 32.9 Å². The zero-order chi connectivity index (χ0) is 18.0. The molecule has 0 aliphatic rings. The number of nitrogens with two attached hydrogens (primary N) is 1. The molecular weight excluding hydrogens is 385 g/mol. The number of amides is 1. The van der Waals surface area contributed by atoms with Gasteiger partial charge in [0, 0.05) is 24.0 Å². The fraction of sp³-hybridized carbons (Fsp3) is 0.316. The van der Waals surface area contributed by atoms with Crippen LogP contribution >= 0.6 is 24.8 Å². The molecule has 8 heteroatoms. The topological polar surface area (TPSA) is 85.8 Å². The van der Waals surface area contributed by atoms with E-state index in [1.54, 1.807) is 6.20 Å². The first-order valence-corrected chi connectivity index (χ1v) is 8.41. The van der Waals surface area contributed by atoms with Crippen molar-refractivity contribution in [3.63, 3.8) is 0 Å². The largest absolute Gasteiger partial charge is 0.350 e. The third kappa shape index (κ3) is 4.97. The summed E-state index contributed by atoms with van der Waals surface area (Å²) in [4.78, 5) is 17.1. The summed E-state index contributed by atoms with van der Waals surface area (Å²) in [6, 6.07) is 11.5. The van der Waals surface area contributed by atoms with Crippen LogP contribution in [-0.2, 0) is 0 Å². The van der Waals surface area contributed by atoms with E-state index in [0.717, 1.165) is 16.6 Å². The molecular formula is C19H25Cl2N5O. The van der Waals surface area contributed by atoms with Crippen molar-refractivity contribution in [1.29, 1.82) is 0 Å². The van der Waals surface area contributed by atoms with Crippen LogP contribution in [0, 0.1) is 6.92 Å². The molecule has 0 bridgehead atoms. The molecule has 6 nitrogen and oxygen atoms in total. The van der Waals surface area contributed by atoms with Gasteiger partial charge < -0.3 is 11.1 Å². The van der Waals surface area contributed by atoms with Gasteiger partial charge in [-0.3, -0.25) is 4.79 Å². The number of rotatable bonds is 5. The fourth-order valence-corrected chi connectivity index (χ4v) is 2.79. The number of aromatic nitrogens is 3. The third-order valence-corrected chi connectivity index (χ3v) is 4.20. The van der Waals surface area contributed by atoms with Crippen molar-refractivity contribution >= 4 is 41.8 Å². The predicted octanol–water partition coefficient (Wildman–Crippen LogP) is 3.59. The second-order valence-corrected chi connectivity index (χ2v) is 6.44. The molecule has 3 aromatic rings. The summed E-state index contributed by atoms with van der Waals surface area (Å²) in [5.74, 6) is -0.171. The van der Waals surface area contributed by atoms with E-state index < -0.39 is 0 Å². The first-order valence-electron chi connectivity index (χ1n) is 8.41. The fourth-order valence-electron chi connectivity index (χ4n) is 2.79. The van der Waals surface area contributed by atoms with Crippen LogP contribution in [0.3, 0.4) is 0 Å². The van der Waals surface area contributed by atoms with Crippen LogP contribution in [0.4, 0.5) is 0 Å². The van der Waals surface area contributed by atoms with Gasteiger partial charge in [-0.1, -0.05) is 30.3 Å². The van der Waals surface area contributed by atoms with Crippen LogP contribution in [0.15, 0.2) is 42.6 Å². The quantitative estimate of drug-likeness (QED) is 0.673. The maximum Gasteiger partial charge on any atom is 0.253 e. The first-order chi connectivity index (χ1) is 12.0. The Morgan fingerprint density at radius 3 is 2.52 bits per heavy atom. The average Bonchev–Trinajstić information content (AvgIpc) is 3.02. The van der Waals surface area contributed by atoms with Crippen molar-refractivity contribution in [3.8, 4) is 0 Å². The van der Waals surface area contributed by atoms with E-state index >= 15 is 0 Å². The number of nitrogens with zero attached hydrogens (tertiary/aromatic N) is 3. The van der Waals surface area contributed by atoms with Gasteiger partial charge in [0.2, 0.25) is 0 Å². The summed E-state index contributed by atoms with van der Waals surface area (Å²) < 4.78 is 1.86. The summed E-state index contributed by atoms with van der Waals surface area (Å²) in [5, 5.41) is 8.11. The summed E-state index contributed by atoms with van der Waals surface area (Å²) in [5.41, 5.74) is 9.16. The number of carbonyl (C=O) groups is 1. The van der Waals surface area contributed by atoms with E-state index in [-0.39, 0.29) is 42.8 Å². The predicted molar refractivity (Wildman–Crippen MR) is 113 cm³/mol. The Kier molecular flexibility index (Phi) is 8.21. The molecule has 0 radical (unpaired) electrons. The van der Waals surface area contributed by atoms with Crippen LogP contribution in [0.5, 0.6) is 0 Å². The Morgan fingerprint density at radius 1 is 1.22 bits per heavy atom. The third-order valence-electron chi connectivity index (χ3n) is 4.20. The van der Waals surface area contributed by atoms with Crippen molar-refractivity contribution < 1.29 is 4.79 Å². The van der Waals surface area contributed by atoms with Gasteiger partial charge in [0.15, 0.2) is 5.65 Å². The van der Waals surface area contributed by atoms with Crippen LogP contribution < -0.4 is 11.1 Å². The summed E-state index contributed by atoms with van der Waals surface area (Å²) in [6.07, 6.45) is 1.74. The van der Waals surface area contributed by atoms with Gasteiger partial charge in [0.25, 0.3) is 5.91 Å². The van der Waals surface area contributed by atoms with Crippen LogP contribution in [0.2, 0.25) is 0 Å². The number of hydrogen-bond acceptors (Lipinski definition) is 4. The number of halogens is 2. The Hall–Kier alpha value is -2.15. The maximum atomic E-state index is 12.6. The number of fused-ring (bicyclic) bond motifs is 1. The summed E-state index contributed by atoms with van der Waals surface area (Å²) in [6.45, 7) is 6.30. The number of pyridine rings is 1. The maximum absolute atomic E-state index is 12.6. The minimum atomic E-state index is -0.245.